The van der Waals surface area contributed by atoms with E-state index < -0.39 is 0 Å². The summed E-state index contributed by atoms with van der Waals surface area (Å²) in [5.74, 6) is 1.60. The number of hydrogen-bond donors (Lipinski definition) is 1. The van der Waals surface area contributed by atoms with E-state index in [0.29, 0.717) is 0 Å². The highest BCUT2D eigenvalue weighted by Gasteiger charge is 2.27. The summed E-state index contributed by atoms with van der Waals surface area (Å²) < 4.78 is 1.78. The zero-order valence-electron chi connectivity index (χ0n) is 10.6. The second kappa shape index (κ2) is 4.23. The third-order valence-electron chi connectivity index (χ3n) is 2.75. The first-order valence-electron chi connectivity index (χ1n) is 5.60. The van der Waals surface area contributed by atoms with Crippen LogP contribution < -0.4 is 5.73 Å². The molecule has 0 aliphatic carbocycles. The van der Waals surface area contributed by atoms with Gasteiger partial charge in [0.05, 0.1) is 10.9 Å². The molecular weight excluding hydrogens is 232 g/mol. The van der Waals surface area contributed by atoms with Crippen LogP contribution in [0.2, 0.25) is 0 Å². The molecular formula is C12H18N4S. The van der Waals surface area contributed by atoms with Crippen LogP contribution in [0.5, 0.6) is 0 Å². The smallest absolute Gasteiger partial charge is 0.191 e. The van der Waals surface area contributed by atoms with Crippen molar-refractivity contribution < 1.29 is 0 Å². The number of aryl methyl sites for hydroxylation is 1. The number of nitrogens with zero attached hydrogens (tertiary/aromatic N) is 3. The fourth-order valence-electron chi connectivity index (χ4n) is 1.56. The number of aromatic nitrogens is 3. The lowest BCUT2D eigenvalue weighted by molar-refractivity contribution is 0.308. The molecule has 2 heterocycles. The molecule has 0 fully saturated rings. The van der Waals surface area contributed by atoms with Gasteiger partial charge in [0, 0.05) is 7.05 Å². The van der Waals surface area contributed by atoms with Crippen molar-refractivity contribution in [1.82, 2.24) is 14.8 Å². The minimum absolute atomic E-state index is 0.0203. The van der Waals surface area contributed by atoms with Gasteiger partial charge in [0.15, 0.2) is 5.82 Å². The van der Waals surface area contributed by atoms with Crippen molar-refractivity contribution in [3.63, 3.8) is 0 Å². The van der Waals surface area contributed by atoms with Gasteiger partial charge in [-0.3, -0.25) is 4.68 Å². The summed E-state index contributed by atoms with van der Waals surface area (Å²) in [4.78, 5) is 5.63. The zero-order valence-corrected chi connectivity index (χ0v) is 11.5. The van der Waals surface area contributed by atoms with Gasteiger partial charge in [-0.25, -0.2) is 4.98 Å². The molecule has 0 radical (unpaired) electrons. The van der Waals surface area contributed by atoms with Crippen molar-refractivity contribution in [2.45, 2.75) is 26.8 Å². The first-order chi connectivity index (χ1) is 7.89. The van der Waals surface area contributed by atoms with Crippen LogP contribution in [0, 0.1) is 5.41 Å². The quantitative estimate of drug-likeness (QED) is 0.891. The molecule has 0 amide bonds. The molecule has 5 heteroatoms. The topological polar surface area (TPSA) is 56.7 Å². The molecule has 0 saturated carbocycles. The van der Waals surface area contributed by atoms with Crippen LogP contribution in [-0.2, 0) is 7.05 Å². The molecule has 0 aromatic carbocycles. The summed E-state index contributed by atoms with van der Waals surface area (Å²) >= 11 is 1.64. The summed E-state index contributed by atoms with van der Waals surface area (Å²) in [6.07, 6.45) is 0. The first-order valence-corrected chi connectivity index (χ1v) is 6.48. The molecule has 0 spiro atoms. The van der Waals surface area contributed by atoms with Gasteiger partial charge in [-0.05, 0) is 16.9 Å². The van der Waals surface area contributed by atoms with E-state index in [9.17, 15) is 0 Å². The van der Waals surface area contributed by atoms with E-state index in [1.165, 1.54) is 0 Å². The van der Waals surface area contributed by atoms with Gasteiger partial charge < -0.3 is 5.73 Å². The Bertz CT molecular complexity index is 493. The van der Waals surface area contributed by atoms with Crippen LogP contribution >= 0.6 is 11.3 Å². The molecule has 1 atom stereocenters. The maximum atomic E-state index is 6.22. The van der Waals surface area contributed by atoms with Crippen molar-refractivity contribution >= 4 is 11.3 Å². The Morgan fingerprint density at radius 3 is 2.65 bits per heavy atom. The second-order valence-corrected chi connectivity index (χ2v) is 6.19. The van der Waals surface area contributed by atoms with Crippen molar-refractivity contribution in [3.8, 4) is 10.7 Å². The summed E-state index contributed by atoms with van der Waals surface area (Å²) in [6, 6.07) is 3.90. The Morgan fingerprint density at radius 2 is 2.12 bits per heavy atom. The molecule has 0 saturated heterocycles. The average Bonchev–Trinajstić information content (AvgIpc) is 2.83. The van der Waals surface area contributed by atoms with Crippen molar-refractivity contribution in [2.24, 2.45) is 18.2 Å². The van der Waals surface area contributed by atoms with Gasteiger partial charge in [-0.1, -0.05) is 26.8 Å². The number of rotatable bonds is 2. The van der Waals surface area contributed by atoms with E-state index in [4.69, 9.17) is 5.73 Å². The van der Waals surface area contributed by atoms with Gasteiger partial charge >= 0.3 is 0 Å². The largest absolute Gasteiger partial charge is 0.321 e. The van der Waals surface area contributed by atoms with E-state index in [1.807, 2.05) is 24.6 Å². The summed E-state index contributed by atoms with van der Waals surface area (Å²) in [6.45, 7) is 6.32. The Kier molecular flexibility index (Phi) is 3.05. The van der Waals surface area contributed by atoms with E-state index in [1.54, 1.807) is 16.0 Å². The van der Waals surface area contributed by atoms with Crippen LogP contribution in [0.25, 0.3) is 10.7 Å². The maximum absolute atomic E-state index is 6.22. The molecule has 0 aliphatic heterocycles. The zero-order chi connectivity index (χ0) is 12.6. The van der Waals surface area contributed by atoms with Gasteiger partial charge in [0.25, 0.3) is 0 Å². The SMILES string of the molecule is Cn1nc(-c2cccs2)nc1C(N)C(C)(C)C. The Labute approximate surface area is 105 Å². The number of thiophene rings is 1. The molecule has 2 aromatic rings. The predicted molar refractivity (Wildman–Crippen MR) is 70.7 cm³/mol. The van der Waals surface area contributed by atoms with Gasteiger partial charge in [-0.2, -0.15) is 5.10 Å². The number of nitrogens with two attached hydrogens (primary N) is 1. The monoisotopic (exact) mass is 250 g/mol. The lowest BCUT2D eigenvalue weighted by Crippen LogP contribution is -2.29. The minimum atomic E-state index is -0.117. The third-order valence-corrected chi connectivity index (χ3v) is 3.62. The van der Waals surface area contributed by atoms with Crippen molar-refractivity contribution in [1.29, 1.82) is 0 Å². The van der Waals surface area contributed by atoms with E-state index in [0.717, 1.165) is 16.5 Å². The molecule has 0 aliphatic rings. The van der Waals surface area contributed by atoms with E-state index >= 15 is 0 Å². The average molecular weight is 250 g/mol. The minimum Gasteiger partial charge on any atom is -0.321 e. The van der Waals surface area contributed by atoms with Crippen LogP contribution in [0.15, 0.2) is 17.5 Å². The maximum Gasteiger partial charge on any atom is 0.191 e. The molecule has 4 nitrogen and oxygen atoms in total. The van der Waals surface area contributed by atoms with Crippen molar-refractivity contribution in [3.05, 3.63) is 23.3 Å². The van der Waals surface area contributed by atoms with Crippen LogP contribution in [0.1, 0.15) is 32.6 Å². The first kappa shape index (κ1) is 12.3. The standard InChI is InChI=1S/C12H18N4S/c1-12(2,3)9(13)11-14-10(15-16(11)4)8-6-5-7-17-8/h5-7,9H,13H2,1-4H3. The fourth-order valence-corrected chi connectivity index (χ4v) is 2.22. The van der Waals surface area contributed by atoms with Crippen molar-refractivity contribution in [2.75, 3.05) is 0 Å². The molecule has 2 aromatic heterocycles. The molecule has 0 bridgehead atoms. The summed E-state index contributed by atoms with van der Waals surface area (Å²) in [5, 5.41) is 6.45. The highest BCUT2D eigenvalue weighted by molar-refractivity contribution is 7.13. The highest BCUT2D eigenvalue weighted by atomic mass is 32.1. The molecule has 17 heavy (non-hydrogen) atoms. The van der Waals surface area contributed by atoms with Crippen LogP contribution in [0.4, 0.5) is 0 Å². The second-order valence-electron chi connectivity index (χ2n) is 5.24. The Hall–Kier alpha value is -1.20. The molecule has 2 N–H and O–H groups in total. The molecule has 2 rings (SSSR count). The summed E-state index contributed by atoms with van der Waals surface area (Å²) in [5.41, 5.74) is 6.20. The molecule has 92 valence electrons. The normalized spacial score (nSPS) is 13.9. The molecule has 1 unspecified atom stereocenters. The Morgan fingerprint density at radius 1 is 1.41 bits per heavy atom. The van der Waals surface area contributed by atoms with Gasteiger partial charge in [-0.15, -0.1) is 11.3 Å². The lowest BCUT2D eigenvalue weighted by atomic mass is 9.87. The van der Waals surface area contributed by atoms with E-state index in [-0.39, 0.29) is 11.5 Å². The van der Waals surface area contributed by atoms with Gasteiger partial charge in [0.2, 0.25) is 0 Å². The summed E-state index contributed by atoms with van der Waals surface area (Å²) in [7, 11) is 1.89. The predicted octanol–water partition coefficient (Wildman–Crippen LogP) is 2.59. The fraction of sp³-hybridized carbons (Fsp3) is 0.500. The number of hydrogen-bond acceptors (Lipinski definition) is 4. The third kappa shape index (κ3) is 2.40. The van der Waals surface area contributed by atoms with Crippen LogP contribution in [-0.4, -0.2) is 14.8 Å². The van der Waals surface area contributed by atoms with Gasteiger partial charge in [0.1, 0.15) is 5.82 Å². The van der Waals surface area contributed by atoms with E-state index in [2.05, 4.69) is 30.9 Å². The highest BCUT2D eigenvalue weighted by Crippen LogP contribution is 2.30. The Balaban J connectivity index is 2.38. The lowest BCUT2D eigenvalue weighted by Gasteiger charge is -2.25. The van der Waals surface area contributed by atoms with Crippen LogP contribution in [0.3, 0.4) is 0 Å².